The number of nitrogens with zero attached hydrogens (tertiary/aromatic N) is 2. The summed E-state index contributed by atoms with van der Waals surface area (Å²) in [7, 11) is 0. The minimum Gasteiger partial charge on any atom is -0.355 e. The zero-order valence-corrected chi connectivity index (χ0v) is 15.0. The van der Waals surface area contributed by atoms with Crippen LogP contribution in [0, 0.1) is 13.8 Å². The lowest BCUT2D eigenvalue weighted by Crippen LogP contribution is -2.12. The van der Waals surface area contributed by atoms with Crippen LogP contribution in [0.2, 0.25) is 5.02 Å². The number of H-pyrrole nitrogens is 2. The molecular formula is C19H16ClN5O. The van der Waals surface area contributed by atoms with Gasteiger partial charge in [-0.3, -0.25) is 4.79 Å². The van der Waals surface area contributed by atoms with Crippen LogP contribution in [0.1, 0.15) is 21.7 Å². The molecular weight excluding hydrogens is 350 g/mol. The first-order chi connectivity index (χ1) is 12.5. The number of pyridine rings is 1. The monoisotopic (exact) mass is 365 g/mol. The molecule has 26 heavy (non-hydrogen) atoms. The molecule has 0 aliphatic rings. The molecule has 7 heteroatoms. The van der Waals surface area contributed by atoms with Crippen LogP contribution in [0.15, 0.2) is 42.6 Å². The molecule has 1 amide bonds. The maximum atomic E-state index is 12.3. The third-order valence-electron chi connectivity index (χ3n) is 4.03. The van der Waals surface area contributed by atoms with Crippen LogP contribution in [0.4, 0.5) is 5.69 Å². The van der Waals surface area contributed by atoms with E-state index in [1.807, 2.05) is 26.0 Å². The van der Waals surface area contributed by atoms with Crippen LogP contribution in [0.5, 0.6) is 0 Å². The van der Waals surface area contributed by atoms with Gasteiger partial charge in [0.25, 0.3) is 5.91 Å². The summed E-state index contributed by atoms with van der Waals surface area (Å²) >= 11 is 6.35. The van der Waals surface area contributed by atoms with Gasteiger partial charge in [-0.2, -0.15) is 0 Å². The first-order valence-corrected chi connectivity index (χ1v) is 8.46. The Kier molecular flexibility index (Phi) is 3.97. The minimum atomic E-state index is -0.215. The molecule has 0 radical (unpaired) electrons. The minimum absolute atomic E-state index is 0.215. The maximum Gasteiger partial charge on any atom is 0.272 e. The van der Waals surface area contributed by atoms with Crippen molar-refractivity contribution in [2.45, 2.75) is 13.8 Å². The number of carbonyl (C=O) groups is 1. The highest BCUT2D eigenvalue weighted by Gasteiger charge is 2.13. The van der Waals surface area contributed by atoms with Gasteiger partial charge in [0.15, 0.2) is 5.65 Å². The van der Waals surface area contributed by atoms with Gasteiger partial charge in [0.05, 0.1) is 10.5 Å². The number of imidazole rings is 1. The predicted octanol–water partition coefficient (Wildman–Crippen LogP) is 4.48. The van der Waals surface area contributed by atoms with E-state index in [2.05, 4.69) is 25.3 Å². The van der Waals surface area contributed by atoms with Crippen molar-refractivity contribution in [2.24, 2.45) is 0 Å². The van der Waals surface area contributed by atoms with E-state index in [0.29, 0.717) is 33.4 Å². The lowest BCUT2D eigenvalue weighted by molar-refractivity contribution is 0.102. The Morgan fingerprint density at radius 2 is 1.96 bits per heavy atom. The van der Waals surface area contributed by atoms with Gasteiger partial charge in [-0.1, -0.05) is 11.6 Å². The summed E-state index contributed by atoms with van der Waals surface area (Å²) in [5.41, 5.74) is 5.26. The third kappa shape index (κ3) is 3.07. The Morgan fingerprint density at radius 1 is 1.12 bits per heavy atom. The molecule has 3 heterocycles. The van der Waals surface area contributed by atoms with Crippen molar-refractivity contribution < 1.29 is 4.79 Å². The van der Waals surface area contributed by atoms with Crippen LogP contribution in [-0.2, 0) is 0 Å². The number of halogens is 1. The van der Waals surface area contributed by atoms with Gasteiger partial charge in [-0.25, -0.2) is 9.97 Å². The zero-order chi connectivity index (χ0) is 18.3. The molecule has 0 unspecified atom stereocenters. The number of amides is 1. The second-order valence-electron chi connectivity index (χ2n) is 6.17. The largest absolute Gasteiger partial charge is 0.355 e. The Bertz CT molecular complexity index is 1130. The van der Waals surface area contributed by atoms with Gasteiger partial charge in [0.2, 0.25) is 0 Å². The molecule has 4 rings (SSSR count). The first-order valence-electron chi connectivity index (χ1n) is 8.09. The normalized spacial score (nSPS) is 11.0. The summed E-state index contributed by atoms with van der Waals surface area (Å²) in [5.74, 6) is 0.392. The number of aromatic nitrogens is 4. The molecule has 4 aromatic rings. The molecule has 0 aliphatic heterocycles. The summed E-state index contributed by atoms with van der Waals surface area (Å²) in [6, 6.07) is 10.9. The van der Waals surface area contributed by atoms with Crippen molar-refractivity contribution in [1.29, 1.82) is 0 Å². The molecule has 0 bridgehead atoms. The van der Waals surface area contributed by atoms with Crippen molar-refractivity contribution in [3.63, 3.8) is 0 Å². The molecule has 1 aromatic carbocycles. The molecule has 0 fully saturated rings. The highest BCUT2D eigenvalue weighted by atomic mass is 35.5. The Hall–Kier alpha value is -3.12. The van der Waals surface area contributed by atoms with E-state index < -0.39 is 0 Å². The highest BCUT2D eigenvalue weighted by molar-refractivity contribution is 6.33. The van der Waals surface area contributed by atoms with E-state index in [-0.39, 0.29) is 5.91 Å². The average molecular weight is 366 g/mol. The second-order valence-corrected chi connectivity index (χ2v) is 6.58. The van der Waals surface area contributed by atoms with E-state index in [0.717, 1.165) is 16.8 Å². The Morgan fingerprint density at radius 3 is 2.73 bits per heavy atom. The third-order valence-corrected chi connectivity index (χ3v) is 4.36. The van der Waals surface area contributed by atoms with Crippen molar-refractivity contribution in [1.82, 2.24) is 19.9 Å². The number of hydrogen-bond acceptors (Lipinski definition) is 3. The van der Waals surface area contributed by atoms with E-state index >= 15 is 0 Å². The number of fused-ring (bicyclic) bond motifs is 1. The molecule has 3 aromatic heterocycles. The van der Waals surface area contributed by atoms with Gasteiger partial charge in [-0.05, 0) is 55.8 Å². The molecule has 0 atom stereocenters. The van der Waals surface area contributed by atoms with Crippen molar-refractivity contribution in [3.8, 4) is 11.4 Å². The summed E-state index contributed by atoms with van der Waals surface area (Å²) in [4.78, 5) is 27.4. The zero-order valence-electron chi connectivity index (χ0n) is 14.2. The number of anilines is 1. The average Bonchev–Trinajstić information content (AvgIpc) is 3.22. The Labute approximate surface area is 154 Å². The van der Waals surface area contributed by atoms with Crippen molar-refractivity contribution >= 4 is 34.4 Å². The Balaban J connectivity index is 1.68. The number of aromatic amines is 2. The van der Waals surface area contributed by atoms with Gasteiger partial charge in [-0.15, -0.1) is 0 Å². The van der Waals surface area contributed by atoms with Gasteiger partial charge < -0.3 is 15.3 Å². The maximum absolute atomic E-state index is 12.3. The number of nitrogens with one attached hydrogen (secondary N) is 3. The summed E-state index contributed by atoms with van der Waals surface area (Å²) < 4.78 is 0. The van der Waals surface area contributed by atoms with Crippen LogP contribution >= 0.6 is 11.6 Å². The number of aryl methyl sites for hydroxylation is 2. The smallest absolute Gasteiger partial charge is 0.272 e. The van der Waals surface area contributed by atoms with E-state index in [4.69, 9.17) is 11.6 Å². The molecule has 3 N–H and O–H groups in total. The van der Waals surface area contributed by atoms with E-state index in [1.54, 1.807) is 30.5 Å². The van der Waals surface area contributed by atoms with Crippen LogP contribution in [0.3, 0.4) is 0 Å². The van der Waals surface area contributed by atoms with Crippen LogP contribution < -0.4 is 5.32 Å². The fraction of sp³-hybridized carbons (Fsp3) is 0.105. The molecule has 130 valence electrons. The summed E-state index contributed by atoms with van der Waals surface area (Å²) in [6.45, 7) is 3.87. The van der Waals surface area contributed by atoms with E-state index in [9.17, 15) is 4.79 Å². The van der Waals surface area contributed by atoms with Crippen molar-refractivity contribution in [2.75, 3.05) is 5.32 Å². The fourth-order valence-corrected chi connectivity index (χ4v) is 2.96. The van der Waals surface area contributed by atoms with Crippen LogP contribution in [-0.4, -0.2) is 25.8 Å². The summed E-state index contributed by atoms with van der Waals surface area (Å²) in [6.07, 6.45) is 1.77. The van der Waals surface area contributed by atoms with Crippen LogP contribution in [0.25, 0.3) is 22.6 Å². The molecule has 0 spiro atoms. The van der Waals surface area contributed by atoms with Gasteiger partial charge in [0.1, 0.15) is 11.5 Å². The van der Waals surface area contributed by atoms with Crippen molar-refractivity contribution in [3.05, 3.63) is 64.6 Å². The summed E-state index contributed by atoms with van der Waals surface area (Å²) in [5, 5.41) is 3.40. The first kappa shape index (κ1) is 16.4. The van der Waals surface area contributed by atoms with Gasteiger partial charge >= 0.3 is 0 Å². The number of rotatable bonds is 3. The highest BCUT2D eigenvalue weighted by Crippen LogP contribution is 2.30. The number of hydrogen-bond donors (Lipinski definition) is 3. The molecule has 0 saturated heterocycles. The quantitative estimate of drug-likeness (QED) is 0.500. The number of carbonyl (C=O) groups excluding carboxylic acids is 1. The fourth-order valence-electron chi connectivity index (χ4n) is 2.75. The SMILES string of the molecule is Cc1cnc2nc(-c3cc(NC(=O)c4ccc(C)[nH]4)ccc3Cl)[nH]c2c1. The predicted molar refractivity (Wildman–Crippen MR) is 103 cm³/mol. The molecule has 0 saturated carbocycles. The lowest BCUT2D eigenvalue weighted by atomic mass is 10.2. The standard InChI is InChI=1S/C19H16ClN5O/c1-10-7-16-18(21-9-10)25-17(24-16)13-8-12(4-5-14(13)20)23-19(26)15-6-3-11(2)22-15/h3-9,22H,1-2H3,(H,23,26)(H,21,24,25). The van der Waals surface area contributed by atoms with Gasteiger partial charge in [0, 0.05) is 23.1 Å². The topological polar surface area (TPSA) is 86.5 Å². The number of benzene rings is 1. The lowest BCUT2D eigenvalue weighted by Gasteiger charge is -2.07. The second kappa shape index (κ2) is 6.31. The van der Waals surface area contributed by atoms with E-state index in [1.165, 1.54) is 0 Å². The molecule has 0 aliphatic carbocycles. The molecule has 6 nitrogen and oxygen atoms in total.